The Morgan fingerprint density at radius 1 is 0.676 bits per heavy atom. The summed E-state index contributed by atoms with van der Waals surface area (Å²) in [5.74, 6) is 0.0680. The van der Waals surface area contributed by atoms with E-state index in [0.29, 0.717) is 5.75 Å². The van der Waals surface area contributed by atoms with Crippen molar-refractivity contribution in [3.8, 4) is 11.5 Å². The van der Waals surface area contributed by atoms with Crippen LogP contribution in [0, 0.1) is 11.8 Å². The second-order valence-corrected chi connectivity index (χ2v) is 8.66. The predicted octanol–water partition coefficient (Wildman–Crippen LogP) is 4.81. The van der Waals surface area contributed by atoms with Crippen LogP contribution >= 0.6 is 0 Å². The molecule has 0 spiro atoms. The molecule has 2 amide bonds. The van der Waals surface area contributed by atoms with Gasteiger partial charge in [0.25, 0.3) is 0 Å². The van der Waals surface area contributed by atoms with Gasteiger partial charge in [-0.1, -0.05) is 72.8 Å². The molecule has 1 fully saturated rings. The first kappa shape index (κ1) is 22.0. The Morgan fingerprint density at radius 2 is 1.15 bits per heavy atom. The lowest BCUT2D eigenvalue weighted by Crippen LogP contribution is -2.35. The van der Waals surface area contributed by atoms with Crippen molar-refractivity contribution < 1.29 is 19.1 Å². The molecule has 0 radical (unpaired) electrons. The Labute approximate surface area is 199 Å². The Balaban J connectivity index is 1.39. The number of allylic oxidation sites excluding steroid dienone is 2. The summed E-state index contributed by atoms with van der Waals surface area (Å²) in [5, 5.41) is 0. The van der Waals surface area contributed by atoms with E-state index in [1.165, 1.54) is 4.90 Å². The maximum atomic E-state index is 13.6. The van der Waals surface area contributed by atoms with Crippen LogP contribution in [0.1, 0.15) is 23.0 Å². The van der Waals surface area contributed by atoms with Crippen LogP contribution in [0.2, 0.25) is 0 Å². The van der Waals surface area contributed by atoms with Crippen LogP contribution in [0.15, 0.2) is 97.1 Å². The van der Waals surface area contributed by atoms with Crippen molar-refractivity contribution in [2.75, 3.05) is 20.3 Å². The molecule has 2 aliphatic rings. The van der Waals surface area contributed by atoms with Crippen LogP contribution in [0.5, 0.6) is 11.5 Å². The number of benzene rings is 3. The highest BCUT2D eigenvalue weighted by Gasteiger charge is 2.54. The number of hydrogen-bond acceptors (Lipinski definition) is 4. The fourth-order valence-electron chi connectivity index (χ4n) is 5.14. The van der Waals surface area contributed by atoms with Gasteiger partial charge in [-0.05, 0) is 35.4 Å². The van der Waals surface area contributed by atoms with Crippen molar-refractivity contribution >= 4 is 11.8 Å². The zero-order valence-corrected chi connectivity index (χ0v) is 19.0. The minimum absolute atomic E-state index is 0.118. The molecule has 0 saturated carbocycles. The lowest BCUT2D eigenvalue weighted by molar-refractivity contribution is -0.140. The number of hydrogen-bond donors (Lipinski definition) is 0. The topological polar surface area (TPSA) is 55.8 Å². The monoisotopic (exact) mass is 453 g/mol. The van der Waals surface area contributed by atoms with E-state index in [2.05, 4.69) is 12.2 Å². The minimum atomic E-state index is -0.425. The number of likely N-dealkylation sites (tertiary alicyclic amines) is 1. The molecule has 3 aromatic rings. The minimum Gasteiger partial charge on any atom is -0.497 e. The van der Waals surface area contributed by atoms with Crippen molar-refractivity contribution in [3.63, 3.8) is 0 Å². The molecule has 5 rings (SSSR count). The molecule has 0 bridgehead atoms. The molecule has 1 saturated heterocycles. The number of ether oxygens (including phenoxy) is 2. The van der Waals surface area contributed by atoms with Gasteiger partial charge >= 0.3 is 0 Å². The maximum Gasteiger partial charge on any atom is 0.234 e. The van der Waals surface area contributed by atoms with Gasteiger partial charge in [-0.25, -0.2) is 0 Å². The summed E-state index contributed by atoms with van der Waals surface area (Å²) in [6, 6.07) is 27.2. The first-order valence-electron chi connectivity index (χ1n) is 11.6. The quantitative estimate of drug-likeness (QED) is 0.381. The summed E-state index contributed by atoms with van der Waals surface area (Å²) in [7, 11) is 1.61. The van der Waals surface area contributed by atoms with Gasteiger partial charge < -0.3 is 9.47 Å². The number of amides is 2. The molecule has 1 heterocycles. The van der Waals surface area contributed by atoms with E-state index in [-0.39, 0.29) is 36.8 Å². The normalized spacial score (nSPS) is 23.6. The van der Waals surface area contributed by atoms with Gasteiger partial charge in [0.05, 0.1) is 25.5 Å². The third-order valence-corrected chi connectivity index (χ3v) is 6.80. The van der Waals surface area contributed by atoms with E-state index in [1.54, 1.807) is 7.11 Å². The third-order valence-electron chi connectivity index (χ3n) is 6.80. The first-order chi connectivity index (χ1) is 16.7. The second kappa shape index (κ2) is 9.56. The highest BCUT2D eigenvalue weighted by Crippen LogP contribution is 2.49. The van der Waals surface area contributed by atoms with Gasteiger partial charge in [-0.3, -0.25) is 14.5 Å². The van der Waals surface area contributed by atoms with Crippen molar-refractivity contribution in [2.24, 2.45) is 11.8 Å². The molecule has 0 N–H and O–H groups in total. The zero-order chi connectivity index (χ0) is 23.5. The molecule has 172 valence electrons. The van der Waals surface area contributed by atoms with E-state index in [9.17, 15) is 9.59 Å². The molecule has 3 aromatic carbocycles. The number of carbonyl (C=O) groups is 2. The molecule has 1 aliphatic heterocycles. The molecule has 0 unspecified atom stereocenters. The van der Waals surface area contributed by atoms with E-state index in [1.807, 2.05) is 84.9 Å². The molecule has 0 aromatic heterocycles. The summed E-state index contributed by atoms with van der Waals surface area (Å²) in [5.41, 5.74) is 2.11. The lowest BCUT2D eigenvalue weighted by Gasteiger charge is -2.32. The zero-order valence-electron chi connectivity index (χ0n) is 19.0. The molecule has 5 heteroatoms. The molecule has 1 aliphatic carbocycles. The Bertz CT molecular complexity index is 1110. The van der Waals surface area contributed by atoms with E-state index in [4.69, 9.17) is 9.47 Å². The number of imide groups is 1. The maximum absolute atomic E-state index is 13.6. The largest absolute Gasteiger partial charge is 0.497 e. The highest BCUT2D eigenvalue weighted by atomic mass is 16.5. The van der Waals surface area contributed by atoms with Crippen molar-refractivity contribution in [2.45, 2.75) is 11.8 Å². The summed E-state index contributed by atoms with van der Waals surface area (Å²) >= 11 is 0. The van der Waals surface area contributed by atoms with Crippen molar-refractivity contribution in [1.82, 2.24) is 4.90 Å². The van der Waals surface area contributed by atoms with Crippen molar-refractivity contribution in [3.05, 3.63) is 108 Å². The summed E-state index contributed by atoms with van der Waals surface area (Å²) in [6.07, 6.45) is 4.22. The number of nitrogens with zero attached hydrogens (tertiary/aromatic N) is 1. The van der Waals surface area contributed by atoms with Gasteiger partial charge in [0.2, 0.25) is 11.8 Å². The van der Waals surface area contributed by atoms with Gasteiger partial charge in [0.1, 0.15) is 18.1 Å². The van der Waals surface area contributed by atoms with Crippen LogP contribution in [0.25, 0.3) is 0 Å². The van der Waals surface area contributed by atoms with Gasteiger partial charge in [0.15, 0.2) is 0 Å². The first-order valence-corrected chi connectivity index (χ1v) is 11.6. The molecule has 34 heavy (non-hydrogen) atoms. The number of rotatable bonds is 7. The Hall–Kier alpha value is -3.86. The van der Waals surface area contributed by atoms with Gasteiger partial charge in [-0.2, -0.15) is 0 Å². The van der Waals surface area contributed by atoms with E-state index in [0.717, 1.165) is 16.9 Å². The summed E-state index contributed by atoms with van der Waals surface area (Å²) in [6.45, 7) is 0.461. The molecule has 4 atom stereocenters. The molecular formula is C29H27NO4. The van der Waals surface area contributed by atoms with Crippen LogP contribution in [-0.4, -0.2) is 37.0 Å². The van der Waals surface area contributed by atoms with Gasteiger partial charge in [-0.15, -0.1) is 0 Å². The fraction of sp³-hybridized carbons (Fsp3) is 0.241. The second-order valence-electron chi connectivity index (χ2n) is 8.66. The number of methoxy groups -OCH3 is 1. The molecule has 5 nitrogen and oxygen atoms in total. The lowest BCUT2D eigenvalue weighted by atomic mass is 9.68. The van der Waals surface area contributed by atoms with E-state index >= 15 is 0 Å². The Kier molecular flexibility index (Phi) is 6.17. The smallest absolute Gasteiger partial charge is 0.234 e. The van der Waals surface area contributed by atoms with Crippen LogP contribution in [0.4, 0.5) is 0 Å². The average Bonchev–Trinajstić information content (AvgIpc) is 3.15. The SMILES string of the molecule is COc1ccc(OCCN2C(=O)[C@@H]3[C@@H](C2=O)[C@H](c2ccccc2)C=C[C@@H]3c2ccccc2)cc1. The van der Waals surface area contributed by atoms with Crippen molar-refractivity contribution in [1.29, 1.82) is 0 Å². The third kappa shape index (κ3) is 4.10. The van der Waals surface area contributed by atoms with Crippen LogP contribution in [0.3, 0.4) is 0 Å². The van der Waals surface area contributed by atoms with Crippen LogP contribution < -0.4 is 9.47 Å². The van der Waals surface area contributed by atoms with Crippen LogP contribution in [-0.2, 0) is 9.59 Å². The Morgan fingerprint density at radius 3 is 1.62 bits per heavy atom. The number of carbonyl (C=O) groups excluding carboxylic acids is 2. The number of fused-ring (bicyclic) bond motifs is 1. The fourth-order valence-corrected chi connectivity index (χ4v) is 5.14. The highest BCUT2D eigenvalue weighted by molar-refractivity contribution is 6.06. The van der Waals surface area contributed by atoms with Gasteiger partial charge in [0, 0.05) is 11.8 Å². The summed E-state index contributed by atoms with van der Waals surface area (Å²) in [4.78, 5) is 28.7. The average molecular weight is 454 g/mol. The predicted molar refractivity (Wildman–Crippen MR) is 130 cm³/mol. The van der Waals surface area contributed by atoms with E-state index < -0.39 is 11.8 Å². The summed E-state index contributed by atoms with van der Waals surface area (Å²) < 4.78 is 11.0. The molecular weight excluding hydrogens is 426 g/mol. The standard InChI is InChI=1S/C29H27NO4/c1-33-22-12-14-23(15-13-22)34-19-18-30-28(31)26-24(20-8-4-2-5-9-20)16-17-25(27(26)29(30)32)21-10-6-3-7-11-21/h2-17,24-27H,18-19H2,1H3/t24-,25+,26-,27-/m0/s1.